The van der Waals surface area contributed by atoms with E-state index in [1.807, 2.05) is 0 Å². The van der Waals surface area contributed by atoms with Gasteiger partial charge in [0.2, 0.25) is 0 Å². The lowest BCUT2D eigenvalue weighted by molar-refractivity contribution is 0.148. The third-order valence-corrected chi connectivity index (χ3v) is 5.93. The van der Waals surface area contributed by atoms with Gasteiger partial charge in [-0.15, -0.1) is 0 Å². The zero-order valence-corrected chi connectivity index (χ0v) is 15.0. The Bertz CT molecular complexity index is 833. The molecular formula is C21H24FNO2. The number of aromatic hydroxyl groups is 1. The lowest BCUT2D eigenvalue weighted by Crippen LogP contribution is -2.46. The molecule has 0 aromatic heterocycles. The molecule has 132 valence electrons. The van der Waals surface area contributed by atoms with Crippen LogP contribution in [0.4, 0.5) is 4.39 Å². The highest BCUT2D eigenvalue weighted by molar-refractivity contribution is 5.53. The smallest absolute Gasteiger partial charge is 0.165 e. The van der Waals surface area contributed by atoms with Gasteiger partial charge >= 0.3 is 0 Å². The highest BCUT2D eigenvalue weighted by atomic mass is 19.1. The number of aryl methyl sites for hydroxylation is 2. The van der Waals surface area contributed by atoms with Crippen LogP contribution < -0.4 is 4.74 Å². The predicted octanol–water partition coefficient (Wildman–Crippen LogP) is 4.13. The first-order valence-electron chi connectivity index (χ1n) is 8.96. The number of hydrogen-bond donors (Lipinski definition) is 1. The van der Waals surface area contributed by atoms with Crippen LogP contribution in [-0.2, 0) is 13.0 Å². The van der Waals surface area contributed by atoms with E-state index < -0.39 is 5.82 Å². The fraction of sp³-hybridized carbons (Fsp3) is 0.429. The molecule has 25 heavy (non-hydrogen) atoms. The molecule has 1 aliphatic heterocycles. The summed E-state index contributed by atoms with van der Waals surface area (Å²) in [6.45, 7) is 6.24. The highest BCUT2D eigenvalue weighted by Crippen LogP contribution is 2.47. The van der Waals surface area contributed by atoms with Gasteiger partial charge in [-0.3, -0.25) is 4.90 Å². The van der Waals surface area contributed by atoms with Crippen molar-refractivity contribution in [3.63, 3.8) is 0 Å². The summed E-state index contributed by atoms with van der Waals surface area (Å²) in [6, 6.07) is 7.74. The van der Waals surface area contributed by atoms with Crippen LogP contribution in [0.1, 0.15) is 47.1 Å². The van der Waals surface area contributed by atoms with Crippen molar-refractivity contribution >= 4 is 0 Å². The molecule has 0 spiro atoms. The van der Waals surface area contributed by atoms with Gasteiger partial charge in [0.1, 0.15) is 5.75 Å². The second-order valence-corrected chi connectivity index (χ2v) is 7.16. The molecule has 0 bridgehead atoms. The average molecular weight is 341 g/mol. The molecule has 1 aliphatic carbocycles. The molecule has 0 unspecified atom stereocenters. The van der Waals surface area contributed by atoms with Crippen LogP contribution in [0.15, 0.2) is 24.3 Å². The number of fused-ring (bicyclic) bond motifs is 5. The van der Waals surface area contributed by atoms with Crippen molar-refractivity contribution in [1.82, 2.24) is 4.90 Å². The molecule has 0 saturated carbocycles. The summed E-state index contributed by atoms with van der Waals surface area (Å²) >= 11 is 0. The number of ether oxygens (including phenoxy) is 1. The number of phenols is 1. The molecule has 0 fully saturated rings. The zero-order chi connectivity index (χ0) is 17.7. The Morgan fingerprint density at radius 3 is 2.76 bits per heavy atom. The zero-order valence-electron chi connectivity index (χ0n) is 15.0. The van der Waals surface area contributed by atoms with E-state index in [-0.39, 0.29) is 11.7 Å². The number of halogens is 1. The Hall–Kier alpha value is -2.07. The quantitative estimate of drug-likeness (QED) is 0.891. The number of nitrogens with zero attached hydrogens (tertiary/aromatic N) is 1. The summed E-state index contributed by atoms with van der Waals surface area (Å²) in [5, 5.41) is 9.98. The third-order valence-electron chi connectivity index (χ3n) is 5.93. The number of likely N-dealkylation sites (N-methyl/N-ethyl adjacent to an activating group) is 1. The largest absolute Gasteiger partial charge is 0.505 e. The average Bonchev–Trinajstić information content (AvgIpc) is 2.61. The Labute approximate surface area is 148 Å². The summed E-state index contributed by atoms with van der Waals surface area (Å²) in [7, 11) is 1.69. The van der Waals surface area contributed by atoms with Crippen molar-refractivity contribution in [1.29, 1.82) is 0 Å². The van der Waals surface area contributed by atoms with Crippen LogP contribution in [0.5, 0.6) is 11.5 Å². The van der Waals surface area contributed by atoms with Crippen LogP contribution in [0.3, 0.4) is 0 Å². The maximum absolute atomic E-state index is 13.9. The monoisotopic (exact) mass is 341 g/mol. The van der Waals surface area contributed by atoms with Crippen molar-refractivity contribution in [3.8, 4) is 11.5 Å². The molecule has 2 aromatic carbocycles. The first kappa shape index (κ1) is 16.4. The SMILES string of the molecule is CCN1Cc2c(C)cc(OC)cc2[C@@H]2c3cc(O)c(F)cc3CC[C@H]21. The molecule has 2 aromatic rings. The maximum atomic E-state index is 13.9. The van der Waals surface area contributed by atoms with E-state index in [1.54, 1.807) is 13.2 Å². The van der Waals surface area contributed by atoms with E-state index in [4.69, 9.17) is 4.74 Å². The molecule has 0 saturated heterocycles. The fourth-order valence-electron chi connectivity index (χ4n) is 4.66. The molecule has 1 heterocycles. The molecule has 4 heteroatoms. The topological polar surface area (TPSA) is 32.7 Å². The number of hydrogen-bond acceptors (Lipinski definition) is 3. The highest BCUT2D eigenvalue weighted by Gasteiger charge is 2.40. The first-order chi connectivity index (χ1) is 12.0. The Morgan fingerprint density at radius 2 is 2.04 bits per heavy atom. The summed E-state index contributed by atoms with van der Waals surface area (Å²) in [6.07, 6.45) is 1.86. The van der Waals surface area contributed by atoms with Crippen LogP contribution in [-0.4, -0.2) is 29.7 Å². The van der Waals surface area contributed by atoms with E-state index in [2.05, 4.69) is 30.9 Å². The van der Waals surface area contributed by atoms with Crippen molar-refractivity contribution in [2.45, 2.75) is 45.2 Å². The van der Waals surface area contributed by atoms with Gasteiger partial charge in [0.05, 0.1) is 7.11 Å². The minimum atomic E-state index is -0.526. The Morgan fingerprint density at radius 1 is 1.24 bits per heavy atom. The lowest BCUT2D eigenvalue weighted by Gasteiger charge is -2.46. The van der Waals surface area contributed by atoms with Crippen LogP contribution in [0.2, 0.25) is 0 Å². The van der Waals surface area contributed by atoms with Crippen LogP contribution in [0.25, 0.3) is 0 Å². The predicted molar refractivity (Wildman–Crippen MR) is 95.8 cm³/mol. The van der Waals surface area contributed by atoms with Crippen molar-refractivity contribution < 1.29 is 14.2 Å². The summed E-state index contributed by atoms with van der Waals surface area (Å²) < 4.78 is 19.4. The van der Waals surface area contributed by atoms with Gasteiger partial charge < -0.3 is 9.84 Å². The molecule has 3 nitrogen and oxygen atoms in total. The van der Waals surface area contributed by atoms with E-state index in [0.717, 1.165) is 42.8 Å². The number of benzene rings is 2. The van der Waals surface area contributed by atoms with Crippen LogP contribution >= 0.6 is 0 Å². The minimum Gasteiger partial charge on any atom is -0.505 e. The minimum absolute atomic E-state index is 0.146. The number of phenolic OH excluding ortho intramolecular Hbond substituents is 1. The first-order valence-corrected chi connectivity index (χ1v) is 8.96. The van der Waals surface area contributed by atoms with Gasteiger partial charge in [-0.1, -0.05) is 6.92 Å². The van der Waals surface area contributed by atoms with Crippen molar-refractivity contribution in [3.05, 3.63) is 57.9 Å². The molecular weight excluding hydrogens is 317 g/mol. The molecule has 2 atom stereocenters. The molecule has 4 rings (SSSR count). The second-order valence-electron chi connectivity index (χ2n) is 7.16. The van der Waals surface area contributed by atoms with Crippen molar-refractivity contribution in [2.75, 3.05) is 13.7 Å². The number of methoxy groups -OCH3 is 1. The van der Waals surface area contributed by atoms with Gasteiger partial charge in [-0.2, -0.15) is 0 Å². The standard InChI is InChI=1S/C21H24FNO2/c1-4-23-11-17-12(2)7-14(25-3)9-16(17)21-15-10-20(24)18(22)8-13(15)5-6-19(21)23/h7-10,19,21,24H,4-6,11H2,1-3H3/t19-,21+/m1/s1. The summed E-state index contributed by atoms with van der Waals surface area (Å²) in [4.78, 5) is 2.51. The molecule has 0 radical (unpaired) electrons. The van der Waals surface area contributed by atoms with Gasteiger partial charge in [-0.05, 0) is 78.4 Å². The normalized spacial score (nSPS) is 22.1. The van der Waals surface area contributed by atoms with Crippen molar-refractivity contribution in [2.24, 2.45) is 0 Å². The fourth-order valence-corrected chi connectivity index (χ4v) is 4.66. The maximum Gasteiger partial charge on any atom is 0.165 e. The number of rotatable bonds is 2. The molecule has 2 aliphatic rings. The second kappa shape index (κ2) is 6.03. The summed E-state index contributed by atoms with van der Waals surface area (Å²) in [5.74, 6) is 0.225. The van der Waals surface area contributed by atoms with E-state index in [0.29, 0.717) is 6.04 Å². The van der Waals surface area contributed by atoms with Gasteiger partial charge in [0.15, 0.2) is 11.6 Å². The van der Waals surface area contributed by atoms with E-state index >= 15 is 0 Å². The lowest BCUT2D eigenvalue weighted by atomic mass is 9.71. The molecule has 0 amide bonds. The van der Waals surface area contributed by atoms with E-state index in [9.17, 15) is 9.50 Å². The van der Waals surface area contributed by atoms with Gasteiger partial charge in [0, 0.05) is 18.5 Å². The summed E-state index contributed by atoms with van der Waals surface area (Å²) in [5.41, 5.74) is 5.90. The Kier molecular flexibility index (Phi) is 3.95. The third kappa shape index (κ3) is 2.51. The Balaban J connectivity index is 1.95. The van der Waals surface area contributed by atoms with Gasteiger partial charge in [0.25, 0.3) is 0 Å². The van der Waals surface area contributed by atoms with E-state index in [1.165, 1.54) is 22.8 Å². The van der Waals surface area contributed by atoms with Gasteiger partial charge in [-0.25, -0.2) is 4.39 Å². The van der Waals surface area contributed by atoms with Crippen LogP contribution in [0, 0.1) is 12.7 Å². The molecule has 1 N–H and O–H groups in total.